The number of aliphatic hydroxyl groups is 1. The van der Waals surface area contributed by atoms with E-state index in [1.807, 2.05) is 38.1 Å². The minimum atomic E-state index is -0.516. The summed E-state index contributed by atoms with van der Waals surface area (Å²) in [7, 11) is 0. The maximum Gasteiger partial charge on any atom is 0.168 e. The van der Waals surface area contributed by atoms with Gasteiger partial charge in [0.1, 0.15) is 5.60 Å². The lowest BCUT2D eigenvalue weighted by Gasteiger charge is -2.25. The Balaban J connectivity index is 2.68. The maximum atomic E-state index is 9.39. The summed E-state index contributed by atoms with van der Waals surface area (Å²) in [5.74, 6) is 1.12. The summed E-state index contributed by atoms with van der Waals surface area (Å²) in [5.41, 5.74) is 0.600. The molecule has 0 amide bonds. The third kappa shape index (κ3) is 4.67. The third-order valence-electron chi connectivity index (χ3n) is 2.69. The van der Waals surface area contributed by atoms with Crippen molar-refractivity contribution in [2.45, 2.75) is 58.7 Å². The highest BCUT2D eigenvalue weighted by Crippen LogP contribution is 2.28. The van der Waals surface area contributed by atoms with Gasteiger partial charge in [-0.1, -0.05) is 32.0 Å². The third-order valence-corrected chi connectivity index (χ3v) is 2.69. The van der Waals surface area contributed by atoms with Crippen molar-refractivity contribution in [1.29, 1.82) is 0 Å². The largest absolute Gasteiger partial charge is 0.393 e. The van der Waals surface area contributed by atoms with E-state index in [-0.39, 0.29) is 0 Å². The molecular formula is C15H24O3. The van der Waals surface area contributed by atoms with Crippen LogP contribution in [0, 0.1) is 0 Å². The molecule has 0 saturated heterocycles. The number of hydrogen-bond donors (Lipinski definition) is 1. The molecule has 0 spiro atoms. The van der Waals surface area contributed by atoms with Gasteiger partial charge in [0.25, 0.3) is 0 Å². The van der Waals surface area contributed by atoms with Crippen molar-refractivity contribution >= 4 is 0 Å². The van der Waals surface area contributed by atoms with Crippen molar-refractivity contribution in [3.63, 3.8) is 0 Å². The number of rotatable bonds is 6. The van der Waals surface area contributed by atoms with Gasteiger partial charge in [0.2, 0.25) is 0 Å². The number of para-hydroxylation sites is 1. The van der Waals surface area contributed by atoms with Crippen molar-refractivity contribution in [3.8, 4) is 5.75 Å². The van der Waals surface area contributed by atoms with E-state index in [4.69, 9.17) is 9.78 Å². The first kappa shape index (κ1) is 15.0. The first-order valence-corrected chi connectivity index (χ1v) is 6.44. The lowest BCUT2D eigenvalue weighted by Crippen LogP contribution is -2.30. The molecule has 0 bridgehead atoms. The van der Waals surface area contributed by atoms with Crippen molar-refractivity contribution in [1.82, 2.24) is 0 Å². The Kier molecular flexibility index (Phi) is 5.17. The molecule has 1 aromatic rings. The molecule has 0 saturated carbocycles. The van der Waals surface area contributed by atoms with Gasteiger partial charge in [-0.05, 0) is 32.8 Å². The van der Waals surface area contributed by atoms with E-state index in [1.54, 1.807) is 6.92 Å². The van der Waals surface area contributed by atoms with Crippen LogP contribution >= 0.6 is 0 Å². The van der Waals surface area contributed by atoms with Gasteiger partial charge < -0.3 is 9.99 Å². The van der Waals surface area contributed by atoms with Gasteiger partial charge in [0.05, 0.1) is 6.10 Å². The lowest BCUT2D eigenvalue weighted by molar-refractivity contribution is -0.286. The van der Waals surface area contributed by atoms with Gasteiger partial charge in [-0.25, -0.2) is 0 Å². The lowest BCUT2D eigenvalue weighted by atomic mass is 10.0. The Labute approximate surface area is 110 Å². The molecule has 1 aromatic carbocycles. The second-order valence-electron chi connectivity index (χ2n) is 5.67. The van der Waals surface area contributed by atoms with Gasteiger partial charge >= 0.3 is 0 Å². The fraction of sp³-hybridized carbons (Fsp3) is 0.600. The average Bonchev–Trinajstić information content (AvgIpc) is 2.25. The number of aliphatic hydroxyl groups excluding tert-OH is 1. The second kappa shape index (κ2) is 6.21. The smallest absolute Gasteiger partial charge is 0.168 e. The second-order valence-corrected chi connectivity index (χ2v) is 5.67. The molecule has 0 radical (unpaired) electrons. The fourth-order valence-electron chi connectivity index (χ4n) is 1.94. The molecular weight excluding hydrogens is 228 g/mol. The topological polar surface area (TPSA) is 38.7 Å². The first-order valence-electron chi connectivity index (χ1n) is 6.44. The number of hydrogen-bond acceptors (Lipinski definition) is 3. The highest BCUT2D eigenvalue weighted by Gasteiger charge is 2.23. The first-order chi connectivity index (χ1) is 8.32. The van der Waals surface area contributed by atoms with Crippen molar-refractivity contribution in [2.75, 3.05) is 0 Å². The Morgan fingerprint density at radius 1 is 1.17 bits per heavy atom. The van der Waals surface area contributed by atoms with E-state index >= 15 is 0 Å². The van der Waals surface area contributed by atoms with E-state index in [1.165, 1.54) is 0 Å². The molecule has 0 aliphatic carbocycles. The quantitative estimate of drug-likeness (QED) is 0.620. The molecule has 0 heterocycles. The zero-order valence-electron chi connectivity index (χ0n) is 11.9. The fourth-order valence-corrected chi connectivity index (χ4v) is 1.94. The molecule has 0 aliphatic rings. The molecule has 3 heteroatoms. The van der Waals surface area contributed by atoms with Crippen LogP contribution in [-0.2, 0) is 4.89 Å². The molecule has 3 nitrogen and oxygen atoms in total. The van der Waals surface area contributed by atoms with Crippen molar-refractivity contribution < 1.29 is 14.9 Å². The van der Waals surface area contributed by atoms with E-state index < -0.39 is 11.7 Å². The van der Waals surface area contributed by atoms with Crippen LogP contribution in [0.2, 0.25) is 0 Å². The van der Waals surface area contributed by atoms with Gasteiger partial charge in [-0.15, -0.1) is 0 Å². The van der Waals surface area contributed by atoms with Crippen LogP contribution in [0.15, 0.2) is 24.3 Å². The molecule has 0 fully saturated rings. The van der Waals surface area contributed by atoms with Crippen LogP contribution in [-0.4, -0.2) is 16.8 Å². The molecule has 1 atom stereocenters. The van der Waals surface area contributed by atoms with Crippen LogP contribution < -0.4 is 4.89 Å². The van der Waals surface area contributed by atoms with Gasteiger partial charge in [0.15, 0.2) is 5.75 Å². The minimum absolute atomic E-state index is 0.379. The highest BCUT2D eigenvalue weighted by molar-refractivity contribution is 5.35. The Bertz CT molecular complexity index is 370. The Morgan fingerprint density at radius 3 is 2.33 bits per heavy atom. The summed E-state index contributed by atoms with van der Waals surface area (Å²) in [4.78, 5) is 10.9. The van der Waals surface area contributed by atoms with Crippen molar-refractivity contribution in [2.24, 2.45) is 0 Å². The SMILES string of the molecule is CC(O)CC(C)(C)OOc1ccccc1C(C)C. The molecule has 1 rings (SSSR count). The average molecular weight is 252 g/mol. The van der Waals surface area contributed by atoms with Crippen LogP contribution in [0.5, 0.6) is 5.75 Å². The minimum Gasteiger partial charge on any atom is -0.393 e. The maximum absolute atomic E-state index is 9.39. The summed E-state index contributed by atoms with van der Waals surface area (Å²) in [6, 6.07) is 7.84. The van der Waals surface area contributed by atoms with E-state index in [0.717, 1.165) is 11.3 Å². The predicted molar refractivity (Wildman–Crippen MR) is 72.6 cm³/mol. The molecule has 0 aromatic heterocycles. The predicted octanol–water partition coefficient (Wildman–Crippen LogP) is 3.67. The van der Waals surface area contributed by atoms with Crippen LogP contribution in [0.3, 0.4) is 0 Å². The van der Waals surface area contributed by atoms with Crippen LogP contribution in [0.1, 0.15) is 52.5 Å². The molecule has 1 N–H and O–H groups in total. The zero-order chi connectivity index (χ0) is 13.8. The van der Waals surface area contributed by atoms with E-state index in [9.17, 15) is 5.11 Å². The zero-order valence-corrected chi connectivity index (χ0v) is 11.9. The summed E-state index contributed by atoms with van der Waals surface area (Å²) < 4.78 is 0. The summed E-state index contributed by atoms with van der Waals surface area (Å²) in [5, 5.41) is 9.39. The number of benzene rings is 1. The monoisotopic (exact) mass is 252 g/mol. The Morgan fingerprint density at radius 2 is 1.78 bits per heavy atom. The van der Waals surface area contributed by atoms with E-state index in [2.05, 4.69) is 13.8 Å². The molecule has 18 heavy (non-hydrogen) atoms. The summed E-state index contributed by atoms with van der Waals surface area (Å²) in [6.45, 7) is 9.77. The highest BCUT2D eigenvalue weighted by atomic mass is 17.2. The molecule has 102 valence electrons. The normalized spacial score (nSPS) is 13.7. The Hall–Kier alpha value is -1.06. The summed E-state index contributed by atoms with van der Waals surface area (Å²) >= 11 is 0. The standard InChI is InChI=1S/C15H24O3/c1-11(2)13-8-6-7-9-14(13)17-18-15(4,5)10-12(3)16/h6-9,11-12,16H,10H2,1-5H3. The van der Waals surface area contributed by atoms with Gasteiger partial charge in [-0.2, -0.15) is 4.89 Å². The molecule has 1 unspecified atom stereocenters. The molecule has 0 aliphatic heterocycles. The summed E-state index contributed by atoms with van der Waals surface area (Å²) in [6.07, 6.45) is 0.112. The van der Waals surface area contributed by atoms with Crippen molar-refractivity contribution in [3.05, 3.63) is 29.8 Å². The van der Waals surface area contributed by atoms with E-state index in [0.29, 0.717) is 12.3 Å². The van der Waals surface area contributed by atoms with Gasteiger partial charge in [-0.3, -0.25) is 0 Å². The van der Waals surface area contributed by atoms with Crippen LogP contribution in [0.4, 0.5) is 0 Å². The van der Waals surface area contributed by atoms with Gasteiger partial charge in [0, 0.05) is 12.0 Å². The van der Waals surface area contributed by atoms with Crippen LogP contribution in [0.25, 0.3) is 0 Å².